The van der Waals surface area contributed by atoms with Crippen LogP contribution in [-0.2, 0) is 0 Å². The highest BCUT2D eigenvalue weighted by molar-refractivity contribution is 4.89. The number of hydrogen-bond acceptors (Lipinski definition) is 3. The molecule has 3 atom stereocenters. The summed E-state index contributed by atoms with van der Waals surface area (Å²) >= 11 is 0. The molecule has 0 spiro atoms. The van der Waals surface area contributed by atoms with Crippen molar-refractivity contribution in [2.75, 3.05) is 32.7 Å². The van der Waals surface area contributed by atoms with Crippen LogP contribution in [0.5, 0.6) is 0 Å². The van der Waals surface area contributed by atoms with Gasteiger partial charge in [0.15, 0.2) is 0 Å². The van der Waals surface area contributed by atoms with Crippen LogP contribution in [0.4, 0.5) is 0 Å². The molecule has 122 valence electrons. The van der Waals surface area contributed by atoms with E-state index in [9.17, 15) is 0 Å². The van der Waals surface area contributed by atoms with Crippen molar-refractivity contribution >= 4 is 0 Å². The molecule has 21 heavy (non-hydrogen) atoms. The van der Waals surface area contributed by atoms with Crippen LogP contribution in [0.15, 0.2) is 0 Å². The van der Waals surface area contributed by atoms with E-state index >= 15 is 0 Å². The monoisotopic (exact) mass is 293 g/mol. The molecule has 3 heteroatoms. The lowest BCUT2D eigenvalue weighted by atomic mass is 9.78. The number of piperazine rings is 1. The van der Waals surface area contributed by atoms with E-state index < -0.39 is 0 Å². The SMILES string of the molecule is CC1CCCC(C(CN)N2CCN(C3CCCC3)CC2)C1. The highest BCUT2D eigenvalue weighted by Crippen LogP contribution is 2.33. The highest BCUT2D eigenvalue weighted by atomic mass is 15.3. The van der Waals surface area contributed by atoms with E-state index in [2.05, 4.69) is 16.7 Å². The summed E-state index contributed by atoms with van der Waals surface area (Å²) < 4.78 is 0. The summed E-state index contributed by atoms with van der Waals surface area (Å²) in [6.07, 6.45) is 11.5. The van der Waals surface area contributed by atoms with Crippen LogP contribution in [0.2, 0.25) is 0 Å². The third-order valence-electron chi connectivity index (χ3n) is 6.42. The van der Waals surface area contributed by atoms with Crippen molar-refractivity contribution in [2.24, 2.45) is 17.6 Å². The molecule has 0 aromatic heterocycles. The van der Waals surface area contributed by atoms with E-state index in [0.717, 1.165) is 24.4 Å². The Morgan fingerprint density at radius 2 is 1.67 bits per heavy atom. The largest absolute Gasteiger partial charge is 0.329 e. The van der Waals surface area contributed by atoms with Gasteiger partial charge in [-0.2, -0.15) is 0 Å². The Balaban J connectivity index is 1.51. The zero-order valence-corrected chi connectivity index (χ0v) is 14.0. The molecule has 3 rings (SSSR count). The van der Waals surface area contributed by atoms with Crippen molar-refractivity contribution in [3.05, 3.63) is 0 Å². The fraction of sp³-hybridized carbons (Fsp3) is 1.00. The molecule has 2 aliphatic carbocycles. The minimum Gasteiger partial charge on any atom is -0.329 e. The fourth-order valence-corrected chi connectivity index (χ4v) is 5.17. The fourth-order valence-electron chi connectivity index (χ4n) is 5.17. The average Bonchev–Trinajstić information content (AvgIpc) is 3.03. The standard InChI is InChI=1S/C18H35N3/c1-15-5-4-6-16(13-15)18(14-19)21-11-9-20(10-12-21)17-7-2-3-8-17/h15-18H,2-14,19H2,1H3. The van der Waals surface area contributed by atoms with Gasteiger partial charge >= 0.3 is 0 Å². The Morgan fingerprint density at radius 1 is 0.952 bits per heavy atom. The molecule has 1 aliphatic heterocycles. The topological polar surface area (TPSA) is 32.5 Å². The van der Waals surface area contributed by atoms with Crippen LogP contribution in [0.25, 0.3) is 0 Å². The van der Waals surface area contributed by atoms with Crippen LogP contribution >= 0.6 is 0 Å². The van der Waals surface area contributed by atoms with Gasteiger partial charge < -0.3 is 5.73 Å². The maximum absolute atomic E-state index is 6.18. The highest BCUT2D eigenvalue weighted by Gasteiger charge is 2.33. The maximum atomic E-state index is 6.18. The summed E-state index contributed by atoms with van der Waals surface area (Å²) in [5.74, 6) is 1.77. The first-order valence-electron chi connectivity index (χ1n) is 9.46. The molecule has 0 radical (unpaired) electrons. The van der Waals surface area contributed by atoms with Gasteiger partial charge in [-0.1, -0.05) is 32.6 Å². The lowest BCUT2D eigenvalue weighted by Gasteiger charge is -2.45. The number of nitrogens with zero attached hydrogens (tertiary/aromatic N) is 2. The van der Waals surface area contributed by atoms with Crippen molar-refractivity contribution in [1.29, 1.82) is 0 Å². The molecule has 3 nitrogen and oxygen atoms in total. The molecule has 2 N–H and O–H groups in total. The quantitative estimate of drug-likeness (QED) is 0.865. The van der Waals surface area contributed by atoms with Crippen molar-refractivity contribution < 1.29 is 0 Å². The molecule has 0 aromatic rings. The van der Waals surface area contributed by atoms with E-state index in [-0.39, 0.29) is 0 Å². The van der Waals surface area contributed by atoms with E-state index in [1.165, 1.54) is 77.5 Å². The summed E-state index contributed by atoms with van der Waals surface area (Å²) in [4.78, 5) is 5.49. The molecule has 3 aliphatic rings. The maximum Gasteiger partial charge on any atom is 0.0247 e. The molecule has 3 fully saturated rings. The van der Waals surface area contributed by atoms with Crippen LogP contribution < -0.4 is 5.73 Å². The Bertz CT molecular complexity index is 306. The van der Waals surface area contributed by atoms with E-state index in [1.807, 2.05) is 0 Å². The molecule has 1 heterocycles. The molecule has 0 amide bonds. The predicted octanol–water partition coefficient (Wildman–Crippen LogP) is 2.70. The van der Waals surface area contributed by atoms with Gasteiger partial charge in [0.25, 0.3) is 0 Å². The van der Waals surface area contributed by atoms with Gasteiger partial charge in [0, 0.05) is 44.8 Å². The van der Waals surface area contributed by atoms with Crippen molar-refractivity contribution in [3.63, 3.8) is 0 Å². The van der Waals surface area contributed by atoms with Crippen molar-refractivity contribution in [2.45, 2.75) is 70.4 Å². The van der Waals surface area contributed by atoms with Crippen molar-refractivity contribution in [1.82, 2.24) is 9.80 Å². The van der Waals surface area contributed by atoms with Crippen LogP contribution in [-0.4, -0.2) is 54.6 Å². The minimum atomic E-state index is 0.651. The normalized spacial score (nSPS) is 35.1. The summed E-state index contributed by atoms with van der Waals surface area (Å²) in [6.45, 7) is 8.36. The second kappa shape index (κ2) is 7.43. The van der Waals surface area contributed by atoms with Gasteiger partial charge in [-0.05, 0) is 37.5 Å². The lowest BCUT2D eigenvalue weighted by molar-refractivity contribution is 0.0400. The molecule has 0 aromatic carbocycles. The smallest absolute Gasteiger partial charge is 0.0247 e. The summed E-state index contributed by atoms with van der Waals surface area (Å²) in [5.41, 5.74) is 6.18. The van der Waals surface area contributed by atoms with E-state index in [0.29, 0.717) is 6.04 Å². The number of rotatable bonds is 4. The lowest BCUT2D eigenvalue weighted by Crippen LogP contribution is -2.56. The van der Waals surface area contributed by atoms with Gasteiger partial charge in [-0.15, -0.1) is 0 Å². The van der Waals surface area contributed by atoms with Crippen LogP contribution in [0.3, 0.4) is 0 Å². The third-order valence-corrected chi connectivity index (χ3v) is 6.42. The van der Waals surface area contributed by atoms with Gasteiger partial charge in [0.05, 0.1) is 0 Å². The Labute approximate surface area is 131 Å². The number of hydrogen-bond donors (Lipinski definition) is 1. The van der Waals surface area contributed by atoms with E-state index in [4.69, 9.17) is 5.73 Å². The Morgan fingerprint density at radius 3 is 2.29 bits per heavy atom. The first-order chi connectivity index (χ1) is 10.3. The Kier molecular flexibility index (Phi) is 5.58. The van der Waals surface area contributed by atoms with Gasteiger partial charge in [0.1, 0.15) is 0 Å². The summed E-state index contributed by atoms with van der Waals surface area (Å²) in [6, 6.07) is 1.55. The molecule has 1 saturated heterocycles. The minimum absolute atomic E-state index is 0.651. The first kappa shape index (κ1) is 15.8. The van der Waals surface area contributed by atoms with Crippen LogP contribution in [0.1, 0.15) is 58.3 Å². The second-order valence-electron chi connectivity index (χ2n) is 7.85. The Hall–Kier alpha value is -0.120. The molecule has 3 unspecified atom stereocenters. The first-order valence-corrected chi connectivity index (χ1v) is 9.46. The van der Waals surface area contributed by atoms with Crippen LogP contribution in [0, 0.1) is 11.8 Å². The molecular formula is C18H35N3. The summed E-state index contributed by atoms with van der Waals surface area (Å²) in [7, 11) is 0. The molecule has 2 saturated carbocycles. The zero-order chi connectivity index (χ0) is 14.7. The van der Waals surface area contributed by atoms with E-state index in [1.54, 1.807) is 0 Å². The van der Waals surface area contributed by atoms with Gasteiger partial charge in [-0.25, -0.2) is 0 Å². The third kappa shape index (κ3) is 3.80. The van der Waals surface area contributed by atoms with Gasteiger partial charge in [0.2, 0.25) is 0 Å². The average molecular weight is 293 g/mol. The number of nitrogens with two attached hydrogens (primary N) is 1. The van der Waals surface area contributed by atoms with Gasteiger partial charge in [-0.3, -0.25) is 9.80 Å². The zero-order valence-electron chi connectivity index (χ0n) is 14.0. The second-order valence-corrected chi connectivity index (χ2v) is 7.85. The molecule has 0 bridgehead atoms. The molecular weight excluding hydrogens is 258 g/mol. The summed E-state index contributed by atoms with van der Waals surface area (Å²) in [5, 5.41) is 0. The van der Waals surface area contributed by atoms with Crippen molar-refractivity contribution in [3.8, 4) is 0 Å². The predicted molar refractivity (Wildman–Crippen MR) is 89.4 cm³/mol.